The zero-order valence-electron chi connectivity index (χ0n) is 14.0. The summed E-state index contributed by atoms with van der Waals surface area (Å²) in [6, 6.07) is 13.3. The Labute approximate surface area is 151 Å². The molecule has 1 unspecified atom stereocenters. The third-order valence-corrected chi connectivity index (χ3v) is 3.66. The summed E-state index contributed by atoms with van der Waals surface area (Å²) >= 11 is 5.80. The van der Waals surface area contributed by atoms with Crippen LogP contribution in [0, 0.1) is 0 Å². The highest BCUT2D eigenvalue weighted by Gasteiger charge is 2.14. The number of hydrogen-bond acceptors (Lipinski definition) is 3. The number of carbonyl (C=O) groups excluding carboxylic acids is 2. The Morgan fingerprint density at radius 3 is 2.32 bits per heavy atom. The summed E-state index contributed by atoms with van der Waals surface area (Å²) < 4.78 is 5.07. The van der Waals surface area contributed by atoms with E-state index in [0.717, 1.165) is 11.3 Å². The van der Waals surface area contributed by atoms with Crippen molar-refractivity contribution in [1.82, 2.24) is 5.32 Å². The van der Waals surface area contributed by atoms with E-state index in [9.17, 15) is 9.59 Å². The number of nitrogens with one attached hydrogen (secondary N) is 2. The van der Waals surface area contributed by atoms with Crippen molar-refractivity contribution in [3.8, 4) is 5.75 Å². The number of anilines is 1. The number of rotatable bonds is 6. The first-order valence-electron chi connectivity index (χ1n) is 7.67. The fourth-order valence-electron chi connectivity index (χ4n) is 2.00. The van der Waals surface area contributed by atoms with E-state index >= 15 is 0 Å². The van der Waals surface area contributed by atoms with Gasteiger partial charge >= 0.3 is 0 Å². The van der Waals surface area contributed by atoms with Gasteiger partial charge in [0.05, 0.1) is 7.11 Å². The van der Waals surface area contributed by atoms with E-state index in [4.69, 9.17) is 16.3 Å². The Bertz CT molecular complexity index is 755. The molecule has 0 aliphatic carbocycles. The Hall–Kier alpha value is -2.79. The summed E-state index contributed by atoms with van der Waals surface area (Å²) in [5.41, 5.74) is 1.47. The van der Waals surface area contributed by atoms with Crippen molar-refractivity contribution in [2.75, 3.05) is 12.4 Å². The molecule has 2 amide bonds. The predicted molar refractivity (Wildman–Crippen MR) is 99.7 cm³/mol. The predicted octanol–water partition coefficient (Wildman–Crippen LogP) is 3.51. The average Bonchev–Trinajstić information content (AvgIpc) is 2.62. The summed E-state index contributed by atoms with van der Waals surface area (Å²) in [6.45, 7) is 1.62. The number of carbonyl (C=O) groups is 2. The van der Waals surface area contributed by atoms with Gasteiger partial charge in [-0.1, -0.05) is 23.7 Å². The second kappa shape index (κ2) is 8.89. The molecule has 0 saturated heterocycles. The van der Waals surface area contributed by atoms with Crippen molar-refractivity contribution < 1.29 is 14.3 Å². The van der Waals surface area contributed by atoms with E-state index in [1.54, 1.807) is 56.5 Å². The Morgan fingerprint density at radius 1 is 1.08 bits per heavy atom. The van der Waals surface area contributed by atoms with E-state index in [0.29, 0.717) is 10.7 Å². The summed E-state index contributed by atoms with van der Waals surface area (Å²) in [7, 11) is 1.59. The number of amides is 2. The lowest BCUT2D eigenvalue weighted by molar-refractivity contribution is -0.123. The van der Waals surface area contributed by atoms with Gasteiger partial charge in [-0.15, -0.1) is 0 Å². The van der Waals surface area contributed by atoms with Crippen molar-refractivity contribution in [3.63, 3.8) is 0 Å². The van der Waals surface area contributed by atoms with Gasteiger partial charge in [0.2, 0.25) is 11.8 Å². The normalized spacial score (nSPS) is 11.8. The van der Waals surface area contributed by atoms with E-state index in [2.05, 4.69) is 10.6 Å². The molecule has 1 atom stereocenters. The quantitative estimate of drug-likeness (QED) is 0.776. The maximum atomic E-state index is 12.1. The molecule has 2 rings (SSSR count). The molecule has 0 aromatic heterocycles. The van der Waals surface area contributed by atoms with Crippen LogP contribution < -0.4 is 15.4 Å². The summed E-state index contributed by atoms with van der Waals surface area (Å²) in [6.07, 6.45) is 3.05. The molecule has 6 heteroatoms. The fourth-order valence-corrected chi connectivity index (χ4v) is 2.12. The third kappa shape index (κ3) is 5.97. The van der Waals surface area contributed by atoms with Crippen LogP contribution in [0.2, 0.25) is 5.02 Å². The largest absolute Gasteiger partial charge is 0.497 e. The number of benzene rings is 2. The summed E-state index contributed by atoms with van der Waals surface area (Å²) in [4.78, 5) is 24.0. The molecule has 2 aromatic rings. The van der Waals surface area contributed by atoms with Crippen LogP contribution in [0.25, 0.3) is 6.08 Å². The minimum atomic E-state index is -0.677. The van der Waals surface area contributed by atoms with Gasteiger partial charge in [-0.3, -0.25) is 9.59 Å². The summed E-state index contributed by atoms with van der Waals surface area (Å²) in [5, 5.41) is 5.91. The first-order chi connectivity index (χ1) is 12.0. The first-order valence-corrected chi connectivity index (χ1v) is 8.05. The van der Waals surface area contributed by atoms with Gasteiger partial charge in [0.1, 0.15) is 11.8 Å². The van der Waals surface area contributed by atoms with Crippen molar-refractivity contribution in [2.24, 2.45) is 0 Å². The van der Waals surface area contributed by atoms with Crippen LogP contribution in [-0.2, 0) is 9.59 Å². The van der Waals surface area contributed by atoms with Gasteiger partial charge in [-0.05, 0) is 55.0 Å². The molecule has 0 aliphatic rings. The molecule has 0 bridgehead atoms. The van der Waals surface area contributed by atoms with Crippen molar-refractivity contribution >= 4 is 35.2 Å². The smallest absolute Gasteiger partial charge is 0.246 e. The molecular weight excluding hydrogens is 340 g/mol. The van der Waals surface area contributed by atoms with Crippen LogP contribution in [0.1, 0.15) is 12.5 Å². The van der Waals surface area contributed by atoms with Crippen LogP contribution in [0.3, 0.4) is 0 Å². The molecule has 0 spiro atoms. The lowest BCUT2D eigenvalue weighted by Crippen LogP contribution is -2.40. The zero-order chi connectivity index (χ0) is 18.2. The lowest BCUT2D eigenvalue weighted by Gasteiger charge is -2.13. The maximum Gasteiger partial charge on any atom is 0.246 e. The average molecular weight is 359 g/mol. The Morgan fingerprint density at radius 2 is 1.72 bits per heavy atom. The molecule has 0 heterocycles. The van der Waals surface area contributed by atoms with Gasteiger partial charge in [0.15, 0.2) is 0 Å². The molecule has 0 saturated carbocycles. The van der Waals surface area contributed by atoms with Crippen LogP contribution in [0.5, 0.6) is 5.75 Å². The monoisotopic (exact) mass is 358 g/mol. The van der Waals surface area contributed by atoms with Crippen molar-refractivity contribution in [3.05, 3.63) is 65.2 Å². The first kappa shape index (κ1) is 18.5. The standard InChI is InChI=1S/C19H19ClN2O3/c1-13(19(24)22-16-8-6-15(20)7-9-16)21-18(23)12-5-14-3-10-17(25-2)11-4-14/h3-13H,1-2H3,(H,21,23)(H,22,24)/b12-5+. The molecule has 0 aliphatic heterocycles. The minimum Gasteiger partial charge on any atom is -0.497 e. The molecule has 2 aromatic carbocycles. The number of hydrogen-bond donors (Lipinski definition) is 2. The zero-order valence-corrected chi connectivity index (χ0v) is 14.7. The number of halogens is 1. The highest BCUT2D eigenvalue weighted by atomic mass is 35.5. The van der Waals surface area contributed by atoms with E-state index in [1.807, 2.05) is 12.1 Å². The summed E-state index contributed by atoms with van der Waals surface area (Å²) in [5.74, 6) is 0.0807. The molecular formula is C19H19ClN2O3. The fraction of sp³-hybridized carbons (Fsp3) is 0.158. The van der Waals surface area contributed by atoms with E-state index < -0.39 is 6.04 Å². The maximum absolute atomic E-state index is 12.1. The second-order valence-corrected chi connectivity index (χ2v) is 5.77. The lowest BCUT2D eigenvalue weighted by atomic mass is 10.2. The highest BCUT2D eigenvalue weighted by Crippen LogP contribution is 2.14. The van der Waals surface area contributed by atoms with Crippen molar-refractivity contribution in [2.45, 2.75) is 13.0 Å². The SMILES string of the molecule is COc1ccc(/C=C/C(=O)NC(C)C(=O)Nc2ccc(Cl)cc2)cc1. The topological polar surface area (TPSA) is 67.4 Å². The second-order valence-electron chi connectivity index (χ2n) is 5.33. The number of methoxy groups -OCH3 is 1. The Balaban J connectivity index is 1.86. The van der Waals surface area contributed by atoms with Crippen LogP contribution in [0.15, 0.2) is 54.6 Å². The van der Waals surface area contributed by atoms with Crippen LogP contribution in [0.4, 0.5) is 5.69 Å². The highest BCUT2D eigenvalue weighted by molar-refractivity contribution is 6.30. The Kier molecular flexibility index (Phi) is 6.60. The molecule has 0 fully saturated rings. The van der Waals surface area contributed by atoms with Gasteiger partial charge in [0.25, 0.3) is 0 Å². The van der Waals surface area contributed by atoms with E-state index in [1.165, 1.54) is 6.08 Å². The molecule has 0 radical (unpaired) electrons. The number of ether oxygens (including phenoxy) is 1. The van der Waals surface area contributed by atoms with Gasteiger partial charge < -0.3 is 15.4 Å². The van der Waals surface area contributed by atoms with E-state index in [-0.39, 0.29) is 11.8 Å². The van der Waals surface area contributed by atoms with Gasteiger partial charge in [-0.2, -0.15) is 0 Å². The molecule has 130 valence electrons. The third-order valence-electron chi connectivity index (χ3n) is 3.41. The van der Waals surface area contributed by atoms with Gasteiger partial charge in [0, 0.05) is 16.8 Å². The minimum absolute atomic E-state index is 0.312. The molecule has 2 N–H and O–H groups in total. The molecule has 5 nitrogen and oxygen atoms in total. The molecule has 25 heavy (non-hydrogen) atoms. The van der Waals surface area contributed by atoms with Crippen LogP contribution in [-0.4, -0.2) is 25.0 Å². The van der Waals surface area contributed by atoms with Crippen molar-refractivity contribution in [1.29, 1.82) is 0 Å². The van der Waals surface area contributed by atoms with Crippen LogP contribution >= 0.6 is 11.6 Å². The van der Waals surface area contributed by atoms with Gasteiger partial charge in [-0.25, -0.2) is 0 Å².